The molecule has 2 aromatic carbocycles. The summed E-state index contributed by atoms with van der Waals surface area (Å²) in [5.41, 5.74) is 0.691. The van der Waals surface area contributed by atoms with Gasteiger partial charge in [0, 0.05) is 10.7 Å². The van der Waals surface area contributed by atoms with Crippen LogP contribution in [0.2, 0.25) is 10.0 Å². The maximum Gasteiger partial charge on any atom is 0.337 e. The molecular weight excluding hydrogens is 415 g/mol. The number of anilines is 2. The fraction of sp³-hybridized carbons (Fsp3) is 0.176. The third-order valence-corrected chi connectivity index (χ3v) is 5.10. The smallest absolute Gasteiger partial charge is 0.337 e. The number of amides is 1. The first-order valence-electron chi connectivity index (χ1n) is 7.53. The van der Waals surface area contributed by atoms with E-state index in [0.717, 1.165) is 10.6 Å². The molecule has 0 atom stereocenters. The van der Waals surface area contributed by atoms with Crippen LogP contribution in [0.15, 0.2) is 42.5 Å². The summed E-state index contributed by atoms with van der Waals surface area (Å²) in [6.07, 6.45) is 0.961. The van der Waals surface area contributed by atoms with E-state index in [1.165, 1.54) is 37.4 Å². The lowest BCUT2D eigenvalue weighted by atomic mass is 10.2. The molecule has 27 heavy (non-hydrogen) atoms. The quantitative estimate of drug-likeness (QED) is 0.710. The van der Waals surface area contributed by atoms with Gasteiger partial charge in [0.2, 0.25) is 15.9 Å². The molecule has 0 radical (unpaired) electrons. The molecule has 2 rings (SSSR count). The molecule has 0 aliphatic heterocycles. The number of rotatable bonds is 6. The lowest BCUT2D eigenvalue weighted by molar-refractivity contribution is -0.114. The van der Waals surface area contributed by atoms with Gasteiger partial charge in [-0.2, -0.15) is 0 Å². The third-order valence-electron chi connectivity index (χ3n) is 3.43. The van der Waals surface area contributed by atoms with Crippen molar-refractivity contribution in [3.05, 3.63) is 58.1 Å². The molecule has 144 valence electrons. The molecule has 0 bridgehead atoms. The van der Waals surface area contributed by atoms with Crippen LogP contribution in [0.25, 0.3) is 0 Å². The Hall–Kier alpha value is -2.29. The van der Waals surface area contributed by atoms with E-state index in [9.17, 15) is 18.0 Å². The number of carbonyl (C=O) groups excluding carboxylic acids is 2. The number of carbonyl (C=O) groups is 2. The van der Waals surface area contributed by atoms with Crippen LogP contribution in [0.4, 0.5) is 11.4 Å². The van der Waals surface area contributed by atoms with Crippen LogP contribution in [0.1, 0.15) is 10.4 Å². The highest BCUT2D eigenvalue weighted by atomic mass is 35.5. The van der Waals surface area contributed by atoms with Gasteiger partial charge in [-0.1, -0.05) is 29.3 Å². The van der Waals surface area contributed by atoms with Crippen molar-refractivity contribution in [1.82, 2.24) is 0 Å². The molecule has 10 heteroatoms. The fourth-order valence-electron chi connectivity index (χ4n) is 2.24. The van der Waals surface area contributed by atoms with Gasteiger partial charge in [-0.05, 0) is 36.4 Å². The van der Waals surface area contributed by atoms with E-state index in [0.29, 0.717) is 10.7 Å². The lowest BCUT2D eigenvalue weighted by Crippen LogP contribution is -2.37. The van der Waals surface area contributed by atoms with Gasteiger partial charge in [-0.25, -0.2) is 13.2 Å². The highest BCUT2D eigenvalue weighted by Gasteiger charge is 2.23. The molecule has 0 fully saturated rings. The number of benzene rings is 2. The molecule has 7 nitrogen and oxygen atoms in total. The minimum absolute atomic E-state index is 0.0911. The summed E-state index contributed by atoms with van der Waals surface area (Å²) in [5, 5.41) is 2.97. The van der Waals surface area contributed by atoms with Gasteiger partial charge in [-0.3, -0.25) is 9.10 Å². The Morgan fingerprint density at radius 2 is 1.85 bits per heavy atom. The third kappa shape index (κ3) is 5.59. The van der Waals surface area contributed by atoms with Crippen molar-refractivity contribution in [2.45, 2.75) is 0 Å². The second kappa shape index (κ2) is 8.60. The second-order valence-corrected chi connectivity index (χ2v) is 8.24. The van der Waals surface area contributed by atoms with E-state index in [-0.39, 0.29) is 16.3 Å². The number of esters is 1. The van der Waals surface area contributed by atoms with Crippen molar-refractivity contribution < 1.29 is 22.7 Å². The zero-order valence-corrected chi connectivity index (χ0v) is 16.7. The average Bonchev–Trinajstić information content (AvgIpc) is 2.59. The second-order valence-electron chi connectivity index (χ2n) is 5.49. The topological polar surface area (TPSA) is 92.8 Å². The summed E-state index contributed by atoms with van der Waals surface area (Å²) in [7, 11) is -2.55. The molecule has 1 amide bonds. The number of ether oxygens (including phenoxy) is 1. The van der Waals surface area contributed by atoms with E-state index in [1.807, 2.05) is 0 Å². The van der Waals surface area contributed by atoms with Crippen LogP contribution < -0.4 is 9.62 Å². The minimum Gasteiger partial charge on any atom is -0.465 e. The van der Waals surface area contributed by atoms with Crippen molar-refractivity contribution >= 4 is 56.5 Å². The Balaban J connectivity index is 2.24. The van der Waals surface area contributed by atoms with Gasteiger partial charge in [0.25, 0.3) is 0 Å². The monoisotopic (exact) mass is 430 g/mol. The Morgan fingerprint density at radius 1 is 1.15 bits per heavy atom. The van der Waals surface area contributed by atoms with E-state index >= 15 is 0 Å². The van der Waals surface area contributed by atoms with E-state index < -0.39 is 28.4 Å². The van der Waals surface area contributed by atoms with Gasteiger partial charge in [0.05, 0.1) is 29.6 Å². The highest BCUT2D eigenvalue weighted by Crippen LogP contribution is 2.30. The first-order chi connectivity index (χ1) is 12.6. The number of hydrogen-bond acceptors (Lipinski definition) is 5. The van der Waals surface area contributed by atoms with Crippen molar-refractivity contribution in [2.75, 3.05) is 29.5 Å². The fourth-order valence-corrected chi connectivity index (χ4v) is 3.67. The summed E-state index contributed by atoms with van der Waals surface area (Å²) >= 11 is 11.9. The van der Waals surface area contributed by atoms with Gasteiger partial charge in [0.15, 0.2) is 0 Å². The van der Waals surface area contributed by atoms with Crippen LogP contribution in [0.3, 0.4) is 0 Å². The molecule has 1 N–H and O–H groups in total. The molecule has 2 aromatic rings. The highest BCUT2D eigenvalue weighted by molar-refractivity contribution is 7.92. The normalized spacial score (nSPS) is 11.0. The SMILES string of the molecule is COC(=O)c1cccc(NC(=O)CN(c2ccc(Cl)cc2Cl)S(C)(=O)=O)c1. The molecular formula is C17H16Cl2N2O5S. The van der Waals surface area contributed by atoms with E-state index in [4.69, 9.17) is 23.2 Å². The zero-order valence-electron chi connectivity index (χ0n) is 14.4. The van der Waals surface area contributed by atoms with Gasteiger partial charge < -0.3 is 10.1 Å². The first-order valence-corrected chi connectivity index (χ1v) is 10.1. The zero-order chi connectivity index (χ0) is 20.2. The minimum atomic E-state index is -3.80. The Labute approximate surface area is 166 Å². The molecule has 0 aliphatic carbocycles. The maximum atomic E-state index is 12.4. The average molecular weight is 431 g/mol. The van der Waals surface area contributed by atoms with Crippen LogP contribution in [0, 0.1) is 0 Å². The molecule has 0 unspecified atom stereocenters. The Kier molecular flexibility index (Phi) is 6.69. The number of nitrogens with one attached hydrogen (secondary N) is 1. The number of halogens is 2. The summed E-state index contributed by atoms with van der Waals surface area (Å²) in [6.45, 7) is -0.511. The predicted octanol–water partition coefficient (Wildman–Crippen LogP) is 3.18. The van der Waals surface area contributed by atoms with Crippen LogP contribution in [-0.4, -0.2) is 40.2 Å². The molecule has 0 aliphatic rings. The lowest BCUT2D eigenvalue weighted by Gasteiger charge is -2.23. The summed E-state index contributed by atoms with van der Waals surface area (Å²) < 4.78 is 29.8. The standard InChI is InChI=1S/C17H16Cl2N2O5S/c1-26-17(23)11-4-3-5-13(8-11)20-16(22)10-21(27(2,24)25)15-7-6-12(18)9-14(15)19/h3-9H,10H2,1-2H3,(H,20,22). The largest absolute Gasteiger partial charge is 0.465 e. The molecule has 0 aromatic heterocycles. The van der Waals surface area contributed by atoms with Gasteiger partial charge in [0.1, 0.15) is 6.54 Å². The summed E-state index contributed by atoms with van der Waals surface area (Å²) in [4.78, 5) is 23.9. The van der Waals surface area contributed by atoms with Crippen LogP contribution in [0.5, 0.6) is 0 Å². The first kappa shape index (κ1) is 21.0. The van der Waals surface area contributed by atoms with Gasteiger partial charge >= 0.3 is 5.97 Å². The number of sulfonamides is 1. The van der Waals surface area contributed by atoms with Gasteiger partial charge in [-0.15, -0.1) is 0 Å². The summed E-state index contributed by atoms with van der Waals surface area (Å²) in [5.74, 6) is -1.18. The maximum absolute atomic E-state index is 12.4. The molecule has 0 heterocycles. The number of hydrogen-bond donors (Lipinski definition) is 1. The number of nitrogens with zero attached hydrogens (tertiary/aromatic N) is 1. The number of methoxy groups -OCH3 is 1. The van der Waals surface area contributed by atoms with Crippen molar-refractivity contribution in [1.29, 1.82) is 0 Å². The Morgan fingerprint density at radius 3 is 2.44 bits per heavy atom. The molecule has 0 spiro atoms. The van der Waals surface area contributed by atoms with Crippen molar-refractivity contribution in [2.24, 2.45) is 0 Å². The molecule has 0 saturated heterocycles. The Bertz CT molecular complexity index is 979. The molecule has 0 saturated carbocycles. The predicted molar refractivity (Wildman–Crippen MR) is 105 cm³/mol. The van der Waals surface area contributed by atoms with Crippen molar-refractivity contribution in [3.8, 4) is 0 Å². The summed E-state index contributed by atoms with van der Waals surface area (Å²) in [6, 6.07) is 10.3. The van der Waals surface area contributed by atoms with Crippen molar-refractivity contribution in [3.63, 3.8) is 0 Å². The van der Waals surface area contributed by atoms with Crippen LogP contribution in [-0.2, 0) is 19.6 Å². The van der Waals surface area contributed by atoms with E-state index in [1.54, 1.807) is 12.1 Å². The van der Waals surface area contributed by atoms with Crippen LogP contribution >= 0.6 is 23.2 Å². The van der Waals surface area contributed by atoms with E-state index in [2.05, 4.69) is 10.1 Å².